The van der Waals surface area contributed by atoms with Gasteiger partial charge < -0.3 is 5.32 Å². The maximum atomic E-state index is 12.1. The summed E-state index contributed by atoms with van der Waals surface area (Å²) in [6.07, 6.45) is 0.874. The molecule has 0 spiro atoms. The van der Waals surface area contributed by atoms with Gasteiger partial charge in [-0.1, -0.05) is 35.9 Å². The highest BCUT2D eigenvalue weighted by atomic mass is 35.5. The molecule has 0 aromatic heterocycles. The van der Waals surface area contributed by atoms with E-state index in [0.717, 1.165) is 11.1 Å². The number of amides is 1. The molecule has 2 aromatic rings. The fourth-order valence-corrected chi connectivity index (χ4v) is 3.47. The van der Waals surface area contributed by atoms with Gasteiger partial charge in [0.2, 0.25) is 15.9 Å². The van der Waals surface area contributed by atoms with Crippen molar-refractivity contribution in [3.05, 3.63) is 64.7 Å². The van der Waals surface area contributed by atoms with Crippen LogP contribution in [0.3, 0.4) is 0 Å². The number of sulfonamides is 1. The predicted octanol–water partition coefficient (Wildman–Crippen LogP) is 3.40. The minimum absolute atomic E-state index is 0.0579. The quantitative estimate of drug-likeness (QED) is 0.782. The van der Waals surface area contributed by atoms with Gasteiger partial charge in [0.25, 0.3) is 0 Å². The zero-order chi connectivity index (χ0) is 19.3. The smallest absolute Gasteiger partial charge is 0.242 e. The zero-order valence-corrected chi connectivity index (χ0v) is 16.6. The van der Waals surface area contributed by atoms with Crippen molar-refractivity contribution in [3.63, 3.8) is 0 Å². The molecule has 1 unspecified atom stereocenters. The number of hydrogen-bond donors (Lipinski definition) is 1. The maximum Gasteiger partial charge on any atom is 0.242 e. The number of carbonyl (C=O) groups excluding carboxylic acids is 1. The van der Waals surface area contributed by atoms with Gasteiger partial charge in [-0.2, -0.15) is 0 Å². The molecule has 2 aromatic carbocycles. The van der Waals surface area contributed by atoms with Gasteiger partial charge in [0, 0.05) is 25.5 Å². The summed E-state index contributed by atoms with van der Waals surface area (Å²) >= 11 is 5.87. The van der Waals surface area contributed by atoms with E-state index in [0.29, 0.717) is 17.9 Å². The average Bonchev–Trinajstić information content (AvgIpc) is 2.60. The molecule has 1 atom stereocenters. The Balaban J connectivity index is 1.90. The third kappa shape index (κ3) is 5.30. The molecule has 0 saturated heterocycles. The minimum Gasteiger partial charge on any atom is -0.350 e. The van der Waals surface area contributed by atoms with Gasteiger partial charge in [0.05, 0.1) is 10.9 Å². The van der Waals surface area contributed by atoms with E-state index in [1.165, 1.54) is 18.4 Å². The van der Waals surface area contributed by atoms with Crippen LogP contribution in [0.2, 0.25) is 5.02 Å². The molecule has 0 aliphatic heterocycles. The number of rotatable bonds is 7. The summed E-state index contributed by atoms with van der Waals surface area (Å²) in [6.45, 7) is 1.92. The second kappa shape index (κ2) is 8.66. The molecule has 7 heteroatoms. The molecule has 0 heterocycles. The fraction of sp³-hybridized carbons (Fsp3) is 0.316. The Bertz CT molecular complexity index is 847. The van der Waals surface area contributed by atoms with E-state index in [1.54, 1.807) is 36.4 Å². The highest BCUT2D eigenvalue weighted by molar-refractivity contribution is 7.89. The Morgan fingerprint density at radius 1 is 1.08 bits per heavy atom. The molecule has 26 heavy (non-hydrogen) atoms. The lowest BCUT2D eigenvalue weighted by Crippen LogP contribution is -2.26. The van der Waals surface area contributed by atoms with Crippen LogP contribution in [0.1, 0.15) is 30.5 Å². The monoisotopic (exact) mass is 394 g/mol. The van der Waals surface area contributed by atoms with Crippen LogP contribution in [0.15, 0.2) is 53.4 Å². The molecule has 0 fully saturated rings. The van der Waals surface area contributed by atoms with Gasteiger partial charge in [-0.05, 0) is 48.7 Å². The predicted molar refractivity (Wildman–Crippen MR) is 104 cm³/mol. The Labute approximate surface area is 160 Å². The molecular weight excluding hydrogens is 372 g/mol. The number of benzene rings is 2. The van der Waals surface area contributed by atoms with E-state index in [2.05, 4.69) is 5.32 Å². The van der Waals surface area contributed by atoms with Crippen molar-refractivity contribution in [1.29, 1.82) is 0 Å². The lowest BCUT2D eigenvalue weighted by Gasteiger charge is -2.14. The van der Waals surface area contributed by atoms with E-state index in [4.69, 9.17) is 11.6 Å². The van der Waals surface area contributed by atoms with Crippen molar-refractivity contribution in [2.45, 2.75) is 30.7 Å². The maximum absolute atomic E-state index is 12.1. The first-order valence-electron chi connectivity index (χ1n) is 8.26. The summed E-state index contributed by atoms with van der Waals surface area (Å²) in [7, 11) is -0.439. The second-order valence-electron chi connectivity index (χ2n) is 6.27. The van der Waals surface area contributed by atoms with Crippen LogP contribution in [0.5, 0.6) is 0 Å². The fourth-order valence-electron chi connectivity index (χ4n) is 2.45. The molecule has 0 saturated carbocycles. The summed E-state index contributed by atoms with van der Waals surface area (Å²) in [5.74, 6) is -0.0579. The number of hydrogen-bond acceptors (Lipinski definition) is 3. The Hall–Kier alpha value is -1.89. The number of aryl methyl sites for hydroxylation is 1. The molecule has 0 radical (unpaired) electrons. The summed E-state index contributed by atoms with van der Waals surface area (Å²) < 4.78 is 25.3. The molecule has 0 aliphatic carbocycles. The Morgan fingerprint density at radius 2 is 1.65 bits per heavy atom. The number of halogens is 1. The van der Waals surface area contributed by atoms with Crippen LogP contribution in [-0.4, -0.2) is 32.7 Å². The molecule has 1 N–H and O–H groups in total. The standard InChI is InChI=1S/C19H23ClN2O3S/c1-14(16-7-9-17(20)10-8-16)21-19(23)13-6-15-4-11-18(12-5-15)26(24,25)22(2)3/h4-5,7-12,14H,6,13H2,1-3H3,(H,21,23). The van der Waals surface area contributed by atoms with Crippen LogP contribution in [0.25, 0.3) is 0 Å². The van der Waals surface area contributed by atoms with Crippen molar-refractivity contribution in [2.75, 3.05) is 14.1 Å². The molecule has 0 bridgehead atoms. The van der Waals surface area contributed by atoms with Gasteiger partial charge in [0.15, 0.2) is 0 Å². The first-order chi connectivity index (χ1) is 12.2. The molecule has 5 nitrogen and oxygen atoms in total. The highest BCUT2D eigenvalue weighted by Crippen LogP contribution is 2.17. The largest absolute Gasteiger partial charge is 0.350 e. The van der Waals surface area contributed by atoms with Gasteiger partial charge >= 0.3 is 0 Å². The van der Waals surface area contributed by atoms with Gasteiger partial charge in [-0.15, -0.1) is 0 Å². The molecule has 2 rings (SSSR count). The first kappa shape index (κ1) is 20.4. The molecule has 140 valence electrons. The highest BCUT2D eigenvalue weighted by Gasteiger charge is 2.16. The number of nitrogens with zero attached hydrogens (tertiary/aromatic N) is 1. The number of nitrogens with one attached hydrogen (secondary N) is 1. The first-order valence-corrected chi connectivity index (χ1v) is 10.1. The topological polar surface area (TPSA) is 66.5 Å². The van der Waals surface area contributed by atoms with E-state index >= 15 is 0 Å². The third-order valence-corrected chi connectivity index (χ3v) is 6.17. The molecular formula is C19H23ClN2O3S. The zero-order valence-electron chi connectivity index (χ0n) is 15.1. The van der Waals surface area contributed by atoms with E-state index in [9.17, 15) is 13.2 Å². The SMILES string of the molecule is CC(NC(=O)CCc1ccc(S(=O)(=O)N(C)C)cc1)c1ccc(Cl)cc1. The van der Waals surface area contributed by atoms with Crippen molar-refractivity contribution in [1.82, 2.24) is 9.62 Å². The van der Waals surface area contributed by atoms with Crippen LogP contribution < -0.4 is 5.32 Å². The van der Waals surface area contributed by atoms with Gasteiger partial charge in [0.1, 0.15) is 0 Å². The van der Waals surface area contributed by atoms with Crippen molar-refractivity contribution in [2.24, 2.45) is 0 Å². The normalized spacial score (nSPS) is 12.8. The van der Waals surface area contributed by atoms with Crippen LogP contribution >= 0.6 is 11.6 Å². The third-order valence-electron chi connectivity index (χ3n) is 4.09. The second-order valence-corrected chi connectivity index (χ2v) is 8.86. The lowest BCUT2D eigenvalue weighted by molar-refractivity contribution is -0.121. The summed E-state index contributed by atoms with van der Waals surface area (Å²) in [5, 5.41) is 3.61. The minimum atomic E-state index is -3.43. The van der Waals surface area contributed by atoms with Crippen LogP contribution in [0.4, 0.5) is 0 Å². The van der Waals surface area contributed by atoms with Crippen LogP contribution in [0, 0.1) is 0 Å². The van der Waals surface area contributed by atoms with E-state index in [-0.39, 0.29) is 16.8 Å². The van der Waals surface area contributed by atoms with E-state index < -0.39 is 10.0 Å². The summed E-state index contributed by atoms with van der Waals surface area (Å²) in [4.78, 5) is 12.4. The van der Waals surface area contributed by atoms with E-state index in [1.807, 2.05) is 19.1 Å². The van der Waals surface area contributed by atoms with Gasteiger partial charge in [-0.25, -0.2) is 12.7 Å². The number of carbonyl (C=O) groups is 1. The lowest BCUT2D eigenvalue weighted by atomic mass is 10.1. The van der Waals surface area contributed by atoms with Gasteiger partial charge in [-0.3, -0.25) is 4.79 Å². The van der Waals surface area contributed by atoms with Crippen molar-refractivity contribution < 1.29 is 13.2 Å². The summed E-state index contributed by atoms with van der Waals surface area (Å²) in [5.41, 5.74) is 1.90. The molecule has 1 amide bonds. The van der Waals surface area contributed by atoms with Crippen molar-refractivity contribution in [3.8, 4) is 0 Å². The Morgan fingerprint density at radius 3 is 2.19 bits per heavy atom. The average molecular weight is 395 g/mol. The Kier molecular flexibility index (Phi) is 6.81. The van der Waals surface area contributed by atoms with Crippen molar-refractivity contribution >= 4 is 27.5 Å². The summed E-state index contributed by atoms with van der Waals surface area (Å²) in [6, 6.07) is 13.9. The molecule has 0 aliphatic rings. The van der Waals surface area contributed by atoms with Crippen LogP contribution in [-0.2, 0) is 21.2 Å².